The van der Waals surface area contributed by atoms with Gasteiger partial charge in [0.1, 0.15) is 0 Å². The van der Waals surface area contributed by atoms with Crippen molar-refractivity contribution in [2.24, 2.45) is 5.41 Å². The molecule has 16 heavy (non-hydrogen) atoms. The van der Waals surface area contributed by atoms with Crippen molar-refractivity contribution in [1.29, 1.82) is 0 Å². The maximum absolute atomic E-state index is 3.66. The standard InChI is InChI=1S/C13H27N3/c1-2-13(4-3-5-13)12-15-8-11-16-9-6-14-7-10-16/h14-15H,2-12H2,1H3. The number of hydrogen-bond donors (Lipinski definition) is 2. The van der Waals surface area contributed by atoms with Crippen molar-refractivity contribution in [1.82, 2.24) is 15.5 Å². The zero-order valence-corrected chi connectivity index (χ0v) is 10.7. The second kappa shape index (κ2) is 5.99. The average Bonchev–Trinajstić information content (AvgIpc) is 2.29. The van der Waals surface area contributed by atoms with E-state index in [1.165, 1.54) is 71.5 Å². The third-order valence-electron chi connectivity index (χ3n) is 4.48. The molecule has 0 bridgehead atoms. The summed E-state index contributed by atoms with van der Waals surface area (Å²) in [5.74, 6) is 0. The summed E-state index contributed by atoms with van der Waals surface area (Å²) < 4.78 is 0. The van der Waals surface area contributed by atoms with Crippen molar-refractivity contribution in [3.8, 4) is 0 Å². The number of piperazine rings is 1. The topological polar surface area (TPSA) is 27.3 Å². The Labute approximate surface area is 100.0 Å². The highest BCUT2D eigenvalue weighted by Gasteiger charge is 2.34. The zero-order chi connectivity index (χ0) is 11.3. The Bertz CT molecular complexity index is 190. The van der Waals surface area contributed by atoms with Crippen molar-refractivity contribution < 1.29 is 0 Å². The first-order valence-corrected chi connectivity index (χ1v) is 6.98. The molecule has 2 aliphatic rings. The second-order valence-corrected chi connectivity index (χ2v) is 5.48. The highest BCUT2D eigenvalue weighted by Crippen LogP contribution is 2.42. The summed E-state index contributed by atoms with van der Waals surface area (Å²) in [5, 5.41) is 7.06. The number of rotatable bonds is 6. The molecule has 0 aromatic carbocycles. The van der Waals surface area contributed by atoms with Gasteiger partial charge in [-0.1, -0.05) is 13.3 Å². The molecular weight excluding hydrogens is 198 g/mol. The van der Waals surface area contributed by atoms with Gasteiger partial charge >= 0.3 is 0 Å². The molecule has 2 fully saturated rings. The average molecular weight is 225 g/mol. The van der Waals surface area contributed by atoms with Crippen LogP contribution in [0.3, 0.4) is 0 Å². The fraction of sp³-hybridized carbons (Fsp3) is 1.00. The van der Waals surface area contributed by atoms with Crippen molar-refractivity contribution in [2.75, 3.05) is 45.8 Å². The Hall–Kier alpha value is -0.120. The molecule has 94 valence electrons. The van der Waals surface area contributed by atoms with Crippen molar-refractivity contribution in [3.05, 3.63) is 0 Å². The largest absolute Gasteiger partial charge is 0.315 e. The van der Waals surface area contributed by atoms with Gasteiger partial charge in [-0.25, -0.2) is 0 Å². The van der Waals surface area contributed by atoms with Crippen LogP contribution in [-0.4, -0.2) is 50.7 Å². The SMILES string of the molecule is CCC1(CNCCN2CCNCC2)CCC1. The number of nitrogens with one attached hydrogen (secondary N) is 2. The summed E-state index contributed by atoms with van der Waals surface area (Å²) in [6, 6.07) is 0. The lowest BCUT2D eigenvalue weighted by atomic mass is 9.67. The van der Waals surface area contributed by atoms with Gasteiger partial charge < -0.3 is 10.6 Å². The molecule has 1 aliphatic carbocycles. The molecule has 3 heteroatoms. The van der Waals surface area contributed by atoms with Crippen molar-refractivity contribution in [2.45, 2.75) is 32.6 Å². The lowest BCUT2D eigenvalue weighted by molar-refractivity contribution is 0.122. The maximum atomic E-state index is 3.66. The first-order valence-electron chi connectivity index (χ1n) is 6.98. The van der Waals surface area contributed by atoms with E-state index in [1.54, 1.807) is 0 Å². The maximum Gasteiger partial charge on any atom is 0.0108 e. The summed E-state index contributed by atoms with van der Waals surface area (Å²) in [6.07, 6.45) is 5.70. The molecule has 1 saturated carbocycles. The monoisotopic (exact) mass is 225 g/mol. The van der Waals surface area contributed by atoms with Gasteiger partial charge in [-0.15, -0.1) is 0 Å². The molecule has 1 heterocycles. The van der Waals surface area contributed by atoms with Gasteiger partial charge in [0, 0.05) is 45.8 Å². The van der Waals surface area contributed by atoms with Crippen LogP contribution in [0.4, 0.5) is 0 Å². The van der Waals surface area contributed by atoms with Gasteiger partial charge in [-0.05, 0) is 24.7 Å². The molecule has 2 N–H and O–H groups in total. The smallest absolute Gasteiger partial charge is 0.0108 e. The lowest BCUT2D eigenvalue weighted by Crippen LogP contribution is -2.47. The van der Waals surface area contributed by atoms with Crippen LogP contribution in [0.25, 0.3) is 0 Å². The molecule has 0 unspecified atom stereocenters. The van der Waals surface area contributed by atoms with E-state index in [2.05, 4.69) is 22.5 Å². The van der Waals surface area contributed by atoms with Crippen LogP contribution < -0.4 is 10.6 Å². The quantitative estimate of drug-likeness (QED) is 0.662. The van der Waals surface area contributed by atoms with E-state index in [1.807, 2.05) is 0 Å². The van der Waals surface area contributed by atoms with E-state index in [0.717, 1.165) is 0 Å². The Morgan fingerprint density at radius 1 is 1.25 bits per heavy atom. The van der Waals surface area contributed by atoms with Gasteiger partial charge in [-0.3, -0.25) is 4.90 Å². The molecule has 2 rings (SSSR count). The molecule has 0 spiro atoms. The van der Waals surface area contributed by atoms with Crippen LogP contribution in [0.2, 0.25) is 0 Å². The van der Waals surface area contributed by atoms with Gasteiger partial charge in [0.15, 0.2) is 0 Å². The molecule has 0 amide bonds. The number of nitrogens with zero attached hydrogens (tertiary/aromatic N) is 1. The fourth-order valence-corrected chi connectivity index (χ4v) is 2.86. The van der Waals surface area contributed by atoms with Gasteiger partial charge in [0.25, 0.3) is 0 Å². The fourth-order valence-electron chi connectivity index (χ4n) is 2.86. The van der Waals surface area contributed by atoms with Crippen LogP contribution in [0.15, 0.2) is 0 Å². The zero-order valence-electron chi connectivity index (χ0n) is 10.7. The summed E-state index contributed by atoms with van der Waals surface area (Å²) in [4.78, 5) is 2.56. The van der Waals surface area contributed by atoms with E-state index in [0.29, 0.717) is 5.41 Å². The predicted molar refractivity (Wildman–Crippen MR) is 68.8 cm³/mol. The van der Waals surface area contributed by atoms with Crippen molar-refractivity contribution >= 4 is 0 Å². The molecule has 0 aromatic rings. The first kappa shape index (κ1) is 12.3. The minimum atomic E-state index is 0.670. The third kappa shape index (κ3) is 3.19. The summed E-state index contributed by atoms with van der Waals surface area (Å²) >= 11 is 0. The van der Waals surface area contributed by atoms with E-state index in [4.69, 9.17) is 0 Å². The van der Waals surface area contributed by atoms with E-state index < -0.39 is 0 Å². The van der Waals surface area contributed by atoms with Crippen LogP contribution in [0, 0.1) is 5.41 Å². The van der Waals surface area contributed by atoms with Crippen LogP contribution >= 0.6 is 0 Å². The van der Waals surface area contributed by atoms with Gasteiger partial charge in [0.05, 0.1) is 0 Å². The van der Waals surface area contributed by atoms with Crippen LogP contribution in [0.1, 0.15) is 32.6 Å². The Balaban J connectivity index is 1.54. The Kier molecular flexibility index (Phi) is 4.62. The lowest BCUT2D eigenvalue weighted by Gasteiger charge is -2.41. The predicted octanol–water partition coefficient (Wildman–Crippen LogP) is 1.06. The van der Waals surface area contributed by atoms with Gasteiger partial charge in [-0.2, -0.15) is 0 Å². The molecule has 0 radical (unpaired) electrons. The highest BCUT2D eigenvalue weighted by atomic mass is 15.2. The second-order valence-electron chi connectivity index (χ2n) is 5.48. The summed E-state index contributed by atoms with van der Waals surface area (Å²) in [5.41, 5.74) is 0.670. The molecule has 0 atom stereocenters. The highest BCUT2D eigenvalue weighted by molar-refractivity contribution is 4.88. The molecule has 0 aromatic heterocycles. The van der Waals surface area contributed by atoms with Crippen LogP contribution in [0.5, 0.6) is 0 Å². The summed E-state index contributed by atoms with van der Waals surface area (Å²) in [6.45, 7) is 10.8. The third-order valence-corrected chi connectivity index (χ3v) is 4.48. The van der Waals surface area contributed by atoms with Crippen molar-refractivity contribution in [3.63, 3.8) is 0 Å². The molecule has 1 aliphatic heterocycles. The summed E-state index contributed by atoms with van der Waals surface area (Å²) in [7, 11) is 0. The van der Waals surface area contributed by atoms with E-state index >= 15 is 0 Å². The minimum absolute atomic E-state index is 0.670. The van der Waals surface area contributed by atoms with E-state index in [9.17, 15) is 0 Å². The molecule has 1 saturated heterocycles. The number of hydrogen-bond acceptors (Lipinski definition) is 3. The normalized spacial score (nSPS) is 25.3. The van der Waals surface area contributed by atoms with E-state index in [-0.39, 0.29) is 0 Å². The molecular formula is C13H27N3. The van der Waals surface area contributed by atoms with Gasteiger partial charge in [0.2, 0.25) is 0 Å². The first-order chi connectivity index (χ1) is 7.85. The molecule has 3 nitrogen and oxygen atoms in total. The minimum Gasteiger partial charge on any atom is -0.315 e. The van der Waals surface area contributed by atoms with Crippen LogP contribution in [-0.2, 0) is 0 Å². The Morgan fingerprint density at radius 2 is 2.00 bits per heavy atom. The Morgan fingerprint density at radius 3 is 2.56 bits per heavy atom.